The second kappa shape index (κ2) is 57.1. The van der Waals surface area contributed by atoms with Crippen molar-refractivity contribution in [3.05, 3.63) is 0 Å². The van der Waals surface area contributed by atoms with Crippen molar-refractivity contribution in [2.24, 2.45) is 11.8 Å². The molecule has 0 saturated heterocycles. The molecular weight excluding hydrogens is 889 g/mol. The second-order valence-corrected chi connectivity index (χ2v) is 22.8. The van der Waals surface area contributed by atoms with Gasteiger partial charge >= 0.3 is 11.9 Å². The van der Waals surface area contributed by atoms with Gasteiger partial charge < -0.3 is 19.7 Å². The van der Waals surface area contributed by atoms with Crippen LogP contribution in [0.4, 0.5) is 0 Å². The summed E-state index contributed by atoms with van der Waals surface area (Å²) in [5.74, 6) is 1.42. The van der Waals surface area contributed by atoms with Gasteiger partial charge in [-0.3, -0.25) is 14.4 Å². The molecule has 0 aliphatic heterocycles. The van der Waals surface area contributed by atoms with Crippen LogP contribution in [0.3, 0.4) is 0 Å². The van der Waals surface area contributed by atoms with Crippen LogP contribution in [0.1, 0.15) is 349 Å². The van der Waals surface area contributed by atoms with Gasteiger partial charge in [0.1, 0.15) is 0 Å². The molecule has 0 fully saturated rings. The Balaban J connectivity index is 5.13. The van der Waals surface area contributed by atoms with Crippen LogP contribution in [0.25, 0.3) is 0 Å². The molecule has 2 atom stereocenters. The topological polar surface area (TPSA) is 84.9 Å². The van der Waals surface area contributed by atoms with E-state index < -0.39 is 0 Å². The van der Waals surface area contributed by atoms with Crippen molar-refractivity contribution in [3.8, 4) is 0 Å². The summed E-state index contributed by atoms with van der Waals surface area (Å²) in [5.41, 5.74) is 0. The second-order valence-electron chi connectivity index (χ2n) is 22.8. The lowest BCUT2D eigenvalue weighted by molar-refractivity contribution is -0.146. The summed E-state index contributed by atoms with van der Waals surface area (Å²) in [7, 11) is 2.00. The molecule has 2 unspecified atom stereocenters. The Hall–Kier alpha value is -1.63. The fourth-order valence-corrected chi connectivity index (χ4v) is 10.8. The van der Waals surface area contributed by atoms with Gasteiger partial charge in [0.15, 0.2) is 0 Å². The Labute approximate surface area is 450 Å². The van der Waals surface area contributed by atoms with Gasteiger partial charge in [-0.1, -0.05) is 259 Å². The highest BCUT2D eigenvalue weighted by molar-refractivity contribution is 5.76. The predicted octanol–water partition coefficient (Wildman–Crippen LogP) is 19.9. The maximum absolute atomic E-state index is 14.1. The number of carbonyl (C=O) groups excluding carboxylic acids is 3. The first-order valence-electron chi connectivity index (χ1n) is 32.6. The number of hydrogen-bond donors (Lipinski definition) is 1. The summed E-state index contributed by atoms with van der Waals surface area (Å²) >= 11 is 0. The van der Waals surface area contributed by atoms with Gasteiger partial charge in [0.2, 0.25) is 5.91 Å². The monoisotopic (exact) mass is 1020 g/mol. The van der Waals surface area contributed by atoms with Gasteiger partial charge in [0.25, 0.3) is 0 Å². The summed E-state index contributed by atoms with van der Waals surface area (Å²) in [5, 5.41) is 3.27. The Morgan fingerprint density at radius 1 is 0.347 bits per heavy atom. The average molecular weight is 1020 g/mol. The fourth-order valence-electron chi connectivity index (χ4n) is 10.8. The lowest BCUT2D eigenvalue weighted by atomic mass is 9.96. The minimum atomic E-state index is -0.00279. The van der Waals surface area contributed by atoms with Crippen molar-refractivity contribution in [3.63, 3.8) is 0 Å². The zero-order valence-corrected chi connectivity index (χ0v) is 49.7. The van der Waals surface area contributed by atoms with Crippen molar-refractivity contribution in [2.75, 3.05) is 33.4 Å². The summed E-state index contributed by atoms with van der Waals surface area (Å²) in [6, 6.07) is 0.328. The zero-order chi connectivity index (χ0) is 52.6. The van der Waals surface area contributed by atoms with E-state index in [9.17, 15) is 14.4 Å². The third-order valence-electron chi connectivity index (χ3n) is 15.7. The van der Waals surface area contributed by atoms with E-state index in [0.29, 0.717) is 56.3 Å². The van der Waals surface area contributed by atoms with Crippen LogP contribution in [-0.2, 0) is 23.9 Å². The first kappa shape index (κ1) is 70.4. The molecule has 0 aliphatic carbocycles. The van der Waals surface area contributed by atoms with Gasteiger partial charge in [-0.05, 0) is 96.1 Å². The SMILES string of the molecule is CCCCCCCCCCCCCCCCN(C(=O)CCCCNC)C(CCCCCCCCC(=O)OCC(CCCC)CCCCCC)CCCCCCCCC(=O)OCC(CCCC)CCCCCC. The van der Waals surface area contributed by atoms with Crippen molar-refractivity contribution in [2.45, 2.75) is 355 Å². The highest BCUT2D eigenvalue weighted by Crippen LogP contribution is 2.24. The largest absolute Gasteiger partial charge is 0.465 e. The highest BCUT2D eigenvalue weighted by Gasteiger charge is 2.23. The van der Waals surface area contributed by atoms with Gasteiger partial charge in [-0.25, -0.2) is 0 Å². The van der Waals surface area contributed by atoms with Crippen molar-refractivity contribution in [1.29, 1.82) is 0 Å². The van der Waals surface area contributed by atoms with Gasteiger partial charge in [0, 0.05) is 31.8 Å². The predicted molar refractivity (Wildman–Crippen MR) is 313 cm³/mol. The maximum Gasteiger partial charge on any atom is 0.305 e. The molecule has 1 N–H and O–H groups in total. The molecule has 0 spiro atoms. The Morgan fingerprint density at radius 2 is 0.653 bits per heavy atom. The molecule has 1 amide bonds. The van der Waals surface area contributed by atoms with Crippen LogP contribution in [0.2, 0.25) is 0 Å². The minimum Gasteiger partial charge on any atom is -0.465 e. The maximum atomic E-state index is 14.1. The number of nitrogens with one attached hydrogen (secondary N) is 1. The number of hydrogen-bond acceptors (Lipinski definition) is 6. The molecule has 7 nitrogen and oxygen atoms in total. The lowest BCUT2D eigenvalue weighted by Crippen LogP contribution is -2.41. The smallest absolute Gasteiger partial charge is 0.305 e. The zero-order valence-electron chi connectivity index (χ0n) is 49.7. The normalized spacial score (nSPS) is 12.8. The molecule has 0 aromatic heterocycles. The Bertz CT molecular complexity index is 1080. The van der Waals surface area contributed by atoms with E-state index in [4.69, 9.17) is 9.47 Å². The van der Waals surface area contributed by atoms with Crippen LogP contribution in [0.15, 0.2) is 0 Å². The van der Waals surface area contributed by atoms with E-state index in [0.717, 1.165) is 83.7 Å². The summed E-state index contributed by atoms with van der Waals surface area (Å²) in [4.78, 5) is 41.8. The van der Waals surface area contributed by atoms with Crippen molar-refractivity contribution >= 4 is 17.8 Å². The van der Waals surface area contributed by atoms with Crippen LogP contribution in [0.5, 0.6) is 0 Å². The van der Waals surface area contributed by atoms with Crippen LogP contribution in [-0.4, -0.2) is 62.1 Å². The minimum absolute atomic E-state index is 0.00279. The van der Waals surface area contributed by atoms with Gasteiger partial charge in [-0.2, -0.15) is 0 Å². The molecule has 0 rings (SSSR count). The van der Waals surface area contributed by atoms with E-state index >= 15 is 0 Å². The summed E-state index contributed by atoms with van der Waals surface area (Å²) in [6.45, 7) is 14.4. The highest BCUT2D eigenvalue weighted by atomic mass is 16.5. The molecule has 0 aromatic rings. The lowest BCUT2D eigenvalue weighted by Gasteiger charge is -2.33. The molecule has 0 bridgehead atoms. The third kappa shape index (κ3) is 48.0. The van der Waals surface area contributed by atoms with Gasteiger partial charge in [0.05, 0.1) is 13.2 Å². The van der Waals surface area contributed by atoms with E-state index in [1.807, 2.05) is 7.05 Å². The van der Waals surface area contributed by atoms with E-state index in [1.165, 1.54) is 225 Å². The summed E-state index contributed by atoms with van der Waals surface area (Å²) in [6.07, 6.45) is 58.2. The number of nitrogens with zero attached hydrogens (tertiary/aromatic N) is 1. The molecule has 72 heavy (non-hydrogen) atoms. The number of amides is 1. The molecule has 0 saturated carbocycles. The number of carbonyl (C=O) groups is 3. The van der Waals surface area contributed by atoms with E-state index in [2.05, 4.69) is 44.8 Å². The molecule has 428 valence electrons. The Morgan fingerprint density at radius 3 is 1.04 bits per heavy atom. The van der Waals surface area contributed by atoms with Gasteiger partial charge in [-0.15, -0.1) is 0 Å². The average Bonchev–Trinajstić information content (AvgIpc) is 3.38. The number of rotatable bonds is 59. The molecule has 0 heterocycles. The van der Waals surface area contributed by atoms with Crippen molar-refractivity contribution < 1.29 is 23.9 Å². The summed E-state index contributed by atoms with van der Waals surface area (Å²) < 4.78 is 11.6. The van der Waals surface area contributed by atoms with Crippen LogP contribution in [0, 0.1) is 11.8 Å². The molecule has 0 aromatic carbocycles. The molecule has 0 aliphatic rings. The van der Waals surface area contributed by atoms with Crippen molar-refractivity contribution in [1.82, 2.24) is 10.2 Å². The van der Waals surface area contributed by atoms with Crippen LogP contribution < -0.4 is 5.32 Å². The molecule has 7 heteroatoms. The van der Waals surface area contributed by atoms with Crippen LogP contribution >= 0.6 is 0 Å². The number of ether oxygens (including phenoxy) is 2. The standard InChI is InChI=1S/C65H128N2O5/c1-7-12-17-20-21-22-23-24-25-26-27-32-37-46-57-67(63(68)53-44-45-56-66-6)62(51-40-33-28-30-35-42-54-64(69)71-58-60(47-15-10-4)49-38-18-13-8-2)52-41-34-29-31-36-43-55-65(70)72-59-61(48-16-11-5)50-39-19-14-9-3/h60-62,66H,7-59H2,1-6H3. The molecule has 0 radical (unpaired) electrons. The number of unbranched alkanes of at least 4 members (excludes halogenated alkanes) is 32. The first-order valence-corrected chi connectivity index (χ1v) is 32.6. The number of esters is 2. The fraction of sp³-hybridized carbons (Fsp3) is 0.954. The van der Waals surface area contributed by atoms with E-state index in [1.54, 1.807) is 0 Å². The Kier molecular flexibility index (Phi) is 55.8. The van der Waals surface area contributed by atoms with E-state index in [-0.39, 0.29) is 11.9 Å². The third-order valence-corrected chi connectivity index (χ3v) is 15.7. The molecular formula is C65H128N2O5. The quantitative estimate of drug-likeness (QED) is 0.0483. The first-order chi connectivity index (χ1) is 35.4.